The van der Waals surface area contributed by atoms with Gasteiger partial charge in [-0.2, -0.15) is 0 Å². The third-order valence-electron chi connectivity index (χ3n) is 2.84. The molecule has 0 aliphatic carbocycles. The van der Waals surface area contributed by atoms with Crippen molar-refractivity contribution in [2.45, 2.75) is 13.3 Å². The van der Waals surface area contributed by atoms with Crippen molar-refractivity contribution in [2.24, 2.45) is 5.92 Å². The molecule has 0 radical (unpaired) electrons. The van der Waals surface area contributed by atoms with Crippen molar-refractivity contribution in [2.75, 3.05) is 24.3 Å². The molecule has 0 bridgehead atoms. The van der Waals surface area contributed by atoms with E-state index in [0.717, 1.165) is 0 Å². The number of methoxy groups -OCH3 is 1. The van der Waals surface area contributed by atoms with Crippen molar-refractivity contribution >= 4 is 28.6 Å². The number of ether oxygens (including phenoxy) is 1. The maximum Gasteiger partial charge on any atom is 0.228 e. The minimum Gasteiger partial charge on any atom is -0.481 e. The van der Waals surface area contributed by atoms with Gasteiger partial charge >= 0.3 is 0 Å². The smallest absolute Gasteiger partial charge is 0.228 e. The zero-order chi connectivity index (χ0) is 13.8. The first kappa shape index (κ1) is 13.8. The van der Waals surface area contributed by atoms with Gasteiger partial charge in [0.15, 0.2) is 5.12 Å². The lowest BCUT2D eigenvalue weighted by molar-refractivity contribution is -0.117. The summed E-state index contributed by atoms with van der Waals surface area (Å²) in [5, 5.41) is 0.0783. The number of hydrogen-bond donors (Lipinski definition) is 0. The van der Waals surface area contributed by atoms with Crippen molar-refractivity contribution in [1.29, 1.82) is 0 Å². The molecule has 1 aromatic rings. The summed E-state index contributed by atoms with van der Waals surface area (Å²) in [6, 6.07) is 1.64. The van der Waals surface area contributed by atoms with Crippen LogP contribution >= 0.6 is 11.8 Å². The monoisotopic (exact) mass is 281 g/mol. The molecule has 0 aromatic carbocycles. The van der Waals surface area contributed by atoms with Gasteiger partial charge in [0.1, 0.15) is 12.1 Å². The second-order valence-electron chi connectivity index (χ2n) is 4.30. The Morgan fingerprint density at radius 3 is 3.05 bits per heavy atom. The molecule has 0 N–H and O–H groups in total. The Hall–Kier alpha value is -1.63. The summed E-state index contributed by atoms with van der Waals surface area (Å²) in [7, 11) is 1.52. The first-order valence-electron chi connectivity index (χ1n) is 5.90. The fourth-order valence-electron chi connectivity index (χ4n) is 1.94. The molecule has 6 nitrogen and oxygen atoms in total. The van der Waals surface area contributed by atoms with Crippen molar-refractivity contribution in [3.8, 4) is 5.88 Å². The largest absolute Gasteiger partial charge is 0.481 e. The van der Waals surface area contributed by atoms with E-state index in [2.05, 4.69) is 9.97 Å². The molecule has 19 heavy (non-hydrogen) atoms. The van der Waals surface area contributed by atoms with Crippen LogP contribution in [0.2, 0.25) is 0 Å². The number of amides is 1. The van der Waals surface area contributed by atoms with Gasteiger partial charge in [0, 0.05) is 31.7 Å². The van der Waals surface area contributed by atoms with Gasteiger partial charge in [0.2, 0.25) is 11.8 Å². The van der Waals surface area contributed by atoms with E-state index in [1.165, 1.54) is 32.1 Å². The molecule has 1 saturated heterocycles. The van der Waals surface area contributed by atoms with Gasteiger partial charge < -0.3 is 4.74 Å². The van der Waals surface area contributed by atoms with E-state index in [9.17, 15) is 9.59 Å². The lowest BCUT2D eigenvalue weighted by atomic mass is 10.1. The Morgan fingerprint density at radius 1 is 1.58 bits per heavy atom. The summed E-state index contributed by atoms with van der Waals surface area (Å²) in [5.74, 6) is 1.85. The highest BCUT2D eigenvalue weighted by Gasteiger charge is 2.31. The minimum atomic E-state index is 0.0231. The van der Waals surface area contributed by atoms with Crippen LogP contribution in [0.1, 0.15) is 13.3 Å². The van der Waals surface area contributed by atoms with Crippen LogP contribution in [0.3, 0.4) is 0 Å². The Kier molecular flexibility index (Phi) is 4.36. The average molecular weight is 281 g/mol. The molecule has 1 unspecified atom stereocenters. The van der Waals surface area contributed by atoms with Crippen molar-refractivity contribution in [3.05, 3.63) is 12.4 Å². The van der Waals surface area contributed by atoms with E-state index in [1.54, 1.807) is 11.0 Å². The molecule has 7 heteroatoms. The summed E-state index contributed by atoms with van der Waals surface area (Å²) in [4.78, 5) is 32.5. The number of anilines is 1. The standard InChI is InChI=1S/C12H15N3O3S/c1-8(16)19-6-9-3-12(17)15(5-9)10-4-11(18-2)14-7-13-10/h4,7,9H,3,5-6H2,1-2H3. The van der Waals surface area contributed by atoms with E-state index in [4.69, 9.17) is 4.74 Å². The molecule has 2 rings (SSSR count). The van der Waals surface area contributed by atoms with Gasteiger partial charge in [-0.1, -0.05) is 11.8 Å². The van der Waals surface area contributed by atoms with Crippen LogP contribution in [0.15, 0.2) is 12.4 Å². The Morgan fingerprint density at radius 2 is 2.37 bits per heavy atom. The molecule has 2 heterocycles. The van der Waals surface area contributed by atoms with Gasteiger partial charge in [-0.15, -0.1) is 0 Å². The van der Waals surface area contributed by atoms with E-state index in [-0.39, 0.29) is 16.9 Å². The Labute approximate surface area is 115 Å². The molecule has 1 atom stereocenters. The summed E-state index contributed by atoms with van der Waals surface area (Å²) in [6.45, 7) is 2.12. The van der Waals surface area contributed by atoms with Gasteiger partial charge in [-0.25, -0.2) is 9.97 Å². The van der Waals surface area contributed by atoms with E-state index < -0.39 is 0 Å². The maximum atomic E-state index is 12.0. The quantitative estimate of drug-likeness (QED) is 0.823. The van der Waals surface area contributed by atoms with Gasteiger partial charge in [-0.3, -0.25) is 14.5 Å². The zero-order valence-corrected chi connectivity index (χ0v) is 11.6. The average Bonchev–Trinajstić information content (AvgIpc) is 2.78. The summed E-state index contributed by atoms with van der Waals surface area (Å²) in [6.07, 6.45) is 1.83. The number of hydrogen-bond acceptors (Lipinski definition) is 6. The molecule has 1 amide bonds. The highest BCUT2D eigenvalue weighted by molar-refractivity contribution is 8.13. The van der Waals surface area contributed by atoms with Gasteiger partial charge in [0.25, 0.3) is 0 Å². The van der Waals surface area contributed by atoms with Gasteiger partial charge in [-0.05, 0) is 5.92 Å². The van der Waals surface area contributed by atoms with E-state index in [1.807, 2.05) is 0 Å². The lowest BCUT2D eigenvalue weighted by Crippen LogP contribution is -2.25. The molecule has 102 valence electrons. The molecule has 0 spiro atoms. The first-order valence-corrected chi connectivity index (χ1v) is 6.88. The van der Waals surface area contributed by atoms with Crippen LogP contribution in [-0.4, -0.2) is 40.4 Å². The molecule has 0 saturated carbocycles. The predicted molar refractivity (Wildman–Crippen MR) is 72.2 cm³/mol. The molecular weight excluding hydrogens is 266 g/mol. The summed E-state index contributed by atoms with van der Waals surface area (Å²) in [5.41, 5.74) is 0. The van der Waals surface area contributed by atoms with E-state index in [0.29, 0.717) is 30.4 Å². The molecule has 1 aromatic heterocycles. The second kappa shape index (κ2) is 6.01. The van der Waals surface area contributed by atoms with Crippen LogP contribution in [0.25, 0.3) is 0 Å². The molecule has 1 fully saturated rings. The van der Waals surface area contributed by atoms with E-state index >= 15 is 0 Å². The fraction of sp³-hybridized carbons (Fsp3) is 0.500. The third-order valence-corrected chi connectivity index (χ3v) is 3.89. The Balaban J connectivity index is 2.04. The number of carbonyl (C=O) groups excluding carboxylic acids is 2. The lowest BCUT2D eigenvalue weighted by Gasteiger charge is -2.15. The van der Waals surface area contributed by atoms with Crippen LogP contribution in [0.4, 0.5) is 5.82 Å². The van der Waals surface area contributed by atoms with Crippen molar-refractivity contribution in [3.63, 3.8) is 0 Å². The fourth-order valence-corrected chi connectivity index (χ4v) is 2.63. The number of nitrogens with zero attached hydrogens (tertiary/aromatic N) is 3. The topological polar surface area (TPSA) is 72.4 Å². The maximum absolute atomic E-state index is 12.0. The predicted octanol–water partition coefficient (Wildman–Crippen LogP) is 1.12. The molecular formula is C12H15N3O3S. The summed E-state index contributed by atoms with van der Waals surface area (Å²) >= 11 is 1.26. The number of aromatic nitrogens is 2. The minimum absolute atomic E-state index is 0.0231. The van der Waals surface area contributed by atoms with Crippen molar-refractivity contribution in [1.82, 2.24) is 9.97 Å². The summed E-state index contributed by atoms with van der Waals surface area (Å²) < 4.78 is 5.02. The number of rotatable bonds is 4. The number of thioether (sulfide) groups is 1. The SMILES string of the molecule is COc1cc(N2CC(CSC(C)=O)CC2=O)ncn1. The van der Waals surface area contributed by atoms with Crippen LogP contribution in [0.5, 0.6) is 5.88 Å². The number of carbonyl (C=O) groups is 2. The highest BCUT2D eigenvalue weighted by atomic mass is 32.2. The first-order chi connectivity index (χ1) is 9.10. The van der Waals surface area contributed by atoms with Crippen LogP contribution < -0.4 is 9.64 Å². The van der Waals surface area contributed by atoms with Crippen molar-refractivity contribution < 1.29 is 14.3 Å². The normalized spacial score (nSPS) is 18.7. The van der Waals surface area contributed by atoms with Gasteiger partial charge in [0.05, 0.1) is 7.11 Å². The molecule has 1 aliphatic rings. The Bertz CT molecular complexity index is 495. The van der Waals surface area contributed by atoms with Crippen LogP contribution in [-0.2, 0) is 9.59 Å². The third kappa shape index (κ3) is 3.44. The highest BCUT2D eigenvalue weighted by Crippen LogP contribution is 2.27. The second-order valence-corrected chi connectivity index (χ2v) is 5.49. The zero-order valence-electron chi connectivity index (χ0n) is 10.8. The van der Waals surface area contributed by atoms with Crippen LogP contribution in [0, 0.1) is 5.92 Å². The molecule has 1 aliphatic heterocycles.